The van der Waals surface area contributed by atoms with Gasteiger partial charge in [-0.1, -0.05) is 103 Å². The molecule has 7 rings (SSSR count). The van der Waals surface area contributed by atoms with E-state index < -0.39 is 6.97 Å². The van der Waals surface area contributed by atoms with Crippen molar-refractivity contribution in [3.05, 3.63) is 64.2 Å². The van der Waals surface area contributed by atoms with E-state index in [1.807, 2.05) is 39.8 Å². The van der Waals surface area contributed by atoms with Crippen molar-refractivity contribution in [1.29, 1.82) is 0 Å². The molecular weight excluding hydrogens is 757 g/mol. The summed E-state index contributed by atoms with van der Waals surface area (Å²) in [7, 11) is 0. The minimum atomic E-state index is -3.92. The van der Waals surface area contributed by atoms with Crippen LogP contribution < -0.4 is 0 Å². The molecule has 7 heteroatoms. The van der Waals surface area contributed by atoms with Crippen LogP contribution in [0.15, 0.2) is 47.2 Å². The smallest absolute Gasteiger partial charge is 0.462 e. The van der Waals surface area contributed by atoms with E-state index in [4.69, 9.17) is 4.74 Å². The number of hydrogen-bond acceptors (Lipinski definition) is 2. The average Bonchev–Trinajstić information content (AvgIpc) is 3.85. The molecule has 3 saturated carbocycles. The van der Waals surface area contributed by atoms with Gasteiger partial charge in [0, 0.05) is 42.7 Å². The highest BCUT2D eigenvalue weighted by Crippen LogP contribution is 2.67. The molecule has 4 nitrogen and oxygen atoms in total. The number of aryl methyl sites for hydroxylation is 2. The molecule has 338 valence electrons. The summed E-state index contributed by atoms with van der Waals surface area (Å²) in [5.74, 6) is 3.38. The lowest BCUT2D eigenvalue weighted by atomic mass is 9.47. The maximum Gasteiger partial charge on any atom is 0.737 e. The number of halogens is 2. The lowest BCUT2D eigenvalue weighted by molar-refractivity contribution is -0.363. The summed E-state index contributed by atoms with van der Waals surface area (Å²) >= 11 is 0. The zero-order valence-electron chi connectivity index (χ0n) is 39.9. The Kier molecular flexibility index (Phi) is 14.9. The van der Waals surface area contributed by atoms with Crippen LogP contribution in [0.4, 0.5) is 8.63 Å². The number of esters is 1. The van der Waals surface area contributed by atoms with E-state index in [-0.39, 0.29) is 17.5 Å². The van der Waals surface area contributed by atoms with Gasteiger partial charge in [0.05, 0.1) is 0 Å². The third kappa shape index (κ3) is 9.30. The summed E-state index contributed by atoms with van der Waals surface area (Å²) in [6.45, 7) is 13.7. The largest absolute Gasteiger partial charge is 0.737 e. The molecule has 3 heterocycles. The lowest BCUT2D eigenvalue weighted by Crippen LogP contribution is -2.51. The normalized spacial score (nSPS) is 30.8. The van der Waals surface area contributed by atoms with Crippen molar-refractivity contribution >= 4 is 24.2 Å². The molecule has 4 aliphatic carbocycles. The first-order valence-corrected chi connectivity index (χ1v) is 25.5. The molecule has 0 saturated heterocycles. The van der Waals surface area contributed by atoms with Gasteiger partial charge in [0.15, 0.2) is 5.70 Å². The molecule has 0 N–H and O–H groups in total. The summed E-state index contributed by atoms with van der Waals surface area (Å²) in [6, 6.07) is 1.96. The van der Waals surface area contributed by atoms with E-state index in [0.717, 1.165) is 84.9 Å². The quantitative estimate of drug-likeness (QED) is 0.0567. The first-order valence-electron chi connectivity index (χ1n) is 25.5. The van der Waals surface area contributed by atoms with Crippen LogP contribution in [0, 0.1) is 54.3 Å². The van der Waals surface area contributed by atoms with E-state index in [9.17, 15) is 4.79 Å². The van der Waals surface area contributed by atoms with Gasteiger partial charge in [0.1, 0.15) is 11.8 Å². The summed E-state index contributed by atoms with van der Waals surface area (Å²) < 4.78 is 41.3. The van der Waals surface area contributed by atoms with Gasteiger partial charge in [0.2, 0.25) is 0 Å². The van der Waals surface area contributed by atoms with E-state index in [1.54, 1.807) is 5.57 Å². The molecule has 0 bridgehead atoms. The first-order chi connectivity index (χ1) is 29.2. The number of nitrogens with zero attached hydrogens (tertiary/aromatic N) is 2. The van der Waals surface area contributed by atoms with Gasteiger partial charge in [-0.3, -0.25) is 4.79 Å². The Morgan fingerprint density at radius 3 is 2.33 bits per heavy atom. The Hall–Kier alpha value is -2.70. The van der Waals surface area contributed by atoms with E-state index in [0.29, 0.717) is 41.0 Å². The van der Waals surface area contributed by atoms with Crippen LogP contribution in [0.2, 0.25) is 0 Å². The number of aromatic nitrogens is 1. The van der Waals surface area contributed by atoms with Crippen LogP contribution in [-0.2, 0) is 9.53 Å². The van der Waals surface area contributed by atoms with Crippen LogP contribution in [0.25, 0.3) is 5.57 Å². The predicted octanol–water partition coefficient (Wildman–Crippen LogP) is 15.4. The monoisotopic (exact) mass is 841 g/mol. The number of rotatable bonds is 20. The second kappa shape index (κ2) is 19.6. The third-order valence-electron chi connectivity index (χ3n) is 17.6. The van der Waals surface area contributed by atoms with Gasteiger partial charge in [0.25, 0.3) is 0 Å². The molecule has 3 fully saturated rings. The predicted molar refractivity (Wildman–Crippen MR) is 252 cm³/mol. The molecule has 0 aromatic carbocycles. The fraction of sp³-hybridized carbons (Fsp3) is 0.741. The van der Waals surface area contributed by atoms with Gasteiger partial charge in [-0.05, 0) is 168 Å². The molecule has 0 spiro atoms. The number of allylic oxidation sites excluding steroid dienone is 6. The van der Waals surface area contributed by atoms with Crippen LogP contribution in [0.5, 0.6) is 0 Å². The zero-order chi connectivity index (χ0) is 43.5. The van der Waals surface area contributed by atoms with Gasteiger partial charge >= 0.3 is 12.9 Å². The van der Waals surface area contributed by atoms with Crippen LogP contribution in [0.1, 0.15) is 213 Å². The molecule has 2 aliphatic heterocycles. The van der Waals surface area contributed by atoms with Crippen molar-refractivity contribution in [2.24, 2.45) is 40.4 Å². The van der Waals surface area contributed by atoms with Crippen LogP contribution in [-0.4, -0.2) is 33.7 Å². The number of carbonyl (C=O) groups is 1. The van der Waals surface area contributed by atoms with E-state index in [2.05, 4.69) is 45.9 Å². The highest BCUT2D eigenvalue weighted by atomic mass is 19.2. The van der Waals surface area contributed by atoms with Gasteiger partial charge in [-0.15, -0.1) is 0 Å². The van der Waals surface area contributed by atoms with Crippen molar-refractivity contribution in [2.75, 3.05) is 0 Å². The number of fused-ring (bicyclic) bond motifs is 7. The molecule has 1 aromatic heterocycles. The molecule has 0 radical (unpaired) electrons. The number of carbonyl (C=O) groups excluding carboxylic acids is 1. The molecule has 6 aliphatic rings. The molecule has 0 amide bonds. The standard InChI is InChI=1S/C54H83BF2N2O2/c1-9-10-11-12-13-14-15-16-17-18-19-20-21-22-23-24-50(60)61-44-31-33-53(7)43(37-44)26-28-45-48-30-29-47(54(48,8)34-32-49(45)53)38(2)25-27-46-51-39(3)35-41(5)58(51)55(56,57)59-42(6)36-40(4)52(46)59/h16-17,26,35-36,38,44-45,47-49H,9-15,18-25,27-34,37H2,1-8H3. The van der Waals surface area contributed by atoms with Crippen molar-refractivity contribution in [2.45, 2.75) is 216 Å². The van der Waals surface area contributed by atoms with Crippen molar-refractivity contribution in [3.63, 3.8) is 0 Å². The average molecular weight is 841 g/mol. The van der Waals surface area contributed by atoms with E-state index in [1.165, 1.54) is 112 Å². The van der Waals surface area contributed by atoms with Crippen molar-refractivity contribution < 1.29 is 22.6 Å². The fourth-order valence-corrected chi connectivity index (χ4v) is 14.5. The molecular formula is C54H83BF2N2O2. The summed E-state index contributed by atoms with van der Waals surface area (Å²) in [6.07, 6.45) is 37.6. The Morgan fingerprint density at radius 1 is 0.918 bits per heavy atom. The number of unbranched alkanes of at least 4 members (excludes halogenated alkanes) is 11. The third-order valence-corrected chi connectivity index (χ3v) is 17.6. The summed E-state index contributed by atoms with van der Waals surface area (Å²) in [5.41, 5.74) is 8.00. The van der Waals surface area contributed by atoms with Crippen molar-refractivity contribution in [1.82, 2.24) is 4.48 Å². The SMILES string of the molecule is CCCCCCCCC=CCCCCCCCC(=O)OC1CCC2(C)C(=CCC3C2CCC2(C)C(C(C)CCC4=C5C(C)=CC(C)=[N+]5[B-](F)(F)n5c(C)cc(C)c54)CCC32)C1. The summed E-state index contributed by atoms with van der Waals surface area (Å²) in [5, 5.41) is 0. The zero-order valence-corrected chi connectivity index (χ0v) is 39.9. The maximum atomic E-state index is 16.2. The van der Waals surface area contributed by atoms with Gasteiger partial charge < -0.3 is 22.3 Å². The van der Waals surface area contributed by atoms with Gasteiger partial charge in [-0.25, -0.2) is 0 Å². The second-order valence-electron chi connectivity index (χ2n) is 21.6. The molecule has 8 atom stereocenters. The Bertz CT molecular complexity index is 1900. The molecule has 61 heavy (non-hydrogen) atoms. The van der Waals surface area contributed by atoms with Crippen molar-refractivity contribution in [3.8, 4) is 0 Å². The number of ether oxygens (including phenoxy) is 1. The molecule has 1 aromatic rings. The lowest BCUT2D eigenvalue weighted by Gasteiger charge is -2.58. The Balaban J connectivity index is 0.872. The summed E-state index contributed by atoms with van der Waals surface area (Å²) in [4.78, 5) is 13.0. The topological polar surface area (TPSA) is 34.2 Å². The fourth-order valence-electron chi connectivity index (χ4n) is 14.5. The van der Waals surface area contributed by atoms with Crippen LogP contribution in [0.3, 0.4) is 0 Å². The highest BCUT2D eigenvalue weighted by molar-refractivity contribution is 6.58. The van der Waals surface area contributed by atoms with Crippen LogP contribution >= 0.6 is 0 Å². The minimum Gasteiger partial charge on any atom is -0.462 e. The van der Waals surface area contributed by atoms with E-state index >= 15 is 8.63 Å². The molecule has 8 unspecified atom stereocenters. The highest BCUT2D eigenvalue weighted by Gasteiger charge is 2.60. The minimum absolute atomic E-state index is 0.0131. The second-order valence-corrected chi connectivity index (χ2v) is 21.6. The Morgan fingerprint density at radius 2 is 1.61 bits per heavy atom. The number of hydrogen-bond donors (Lipinski definition) is 0. The first kappa shape index (κ1) is 46.3. The maximum absolute atomic E-state index is 16.2. The Labute approximate surface area is 370 Å². The van der Waals surface area contributed by atoms with Gasteiger partial charge in [-0.2, -0.15) is 0 Å².